The van der Waals surface area contributed by atoms with Gasteiger partial charge in [-0.3, -0.25) is 4.79 Å². The van der Waals surface area contributed by atoms with Crippen molar-refractivity contribution in [3.63, 3.8) is 0 Å². The zero-order valence-corrected chi connectivity index (χ0v) is 12.4. The van der Waals surface area contributed by atoms with Crippen LogP contribution in [0.3, 0.4) is 0 Å². The Labute approximate surface area is 125 Å². The lowest BCUT2D eigenvalue weighted by atomic mass is 10.3. The first-order valence-electron chi connectivity index (χ1n) is 5.47. The number of sulfonamides is 1. The first-order chi connectivity index (χ1) is 9.64. The molecule has 0 aromatic heterocycles. The van der Waals surface area contributed by atoms with E-state index in [0.717, 1.165) is 19.2 Å². The fourth-order valence-corrected chi connectivity index (χ4v) is 2.80. The third kappa shape index (κ3) is 4.59. The predicted molar refractivity (Wildman–Crippen MR) is 72.0 cm³/mol. The predicted octanol–water partition coefficient (Wildman–Crippen LogP) is 0.509. The van der Waals surface area contributed by atoms with Crippen LogP contribution in [-0.2, 0) is 19.6 Å². The lowest BCUT2D eigenvalue weighted by Crippen LogP contribution is -2.32. The molecular formula is C11H12ClNO7S. The van der Waals surface area contributed by atoms with Gasteiger partial charge in [-0.15, -0.1) is 0 Å². The molecule has 0 amide bonds. The Bertz CT molecular complexity index is 659. The fraction of sp³-hybridized carbons (Fsp3) is 0.273. The van der Waals surface area contributed by atoms with Gasteiger partial charge in [0.25, 0.3) is 0 Å². The van der Waals surface area contributed by atoms with Gasteiger partial charge >= 0.3 is 11.9 Å². The summed E-state index contributed by atoms with van der Waals surface area (Å²) in [6.45, 7) is -1.32. The smallest absolute Gasteiger partial charge is 0.341 e. The van der Waals surface area contributed by atoms with E-state index in [1.54, 1.807) is 0 Å². The first kappa shape index (κ1) is 17.2. The molecule has 116 valence electrons. The number of aliphatic carboxylic acids is 2. The quantitative estimate of drug-likeness (QED) is 0.743. The summed E-state index contributed by atoms with van der Waals surface area (Å²) in [5.74, 6) is -2.49. The molecule has 1 aromatic rings. The summed E-state index contributed by atoms with van der Waals surface area (Å²) in [5, 5.41) is 17.0. The van der Waals surface area contributed by atoms with Gasteiger partial charge in [-0.25, -0.2) is 13.2 Å². The van der Waals surface area contributed by atoms with Gasteiger partial charge in [0.15, 0.2) is 6.61 Å². The Kier molecular flexibility index (Phi) is 5.53. The second-order valence-corrected chi connectivity index (χ2v) is 6.38. The maximum atomic E-state index is 12.1. The van der Waals surface area contributed by atoms with Gasteiger partial charge in [-0.05, 0) is 18.2 Å². The van der Waals surface area contributed by atoms with Crippen LogP contribution < -0.4 is 4.74 Å². The highest BCUT2D eigenvalue weighted by atomic mass is 35.5. The van der Waals surface area contributed by atoms with Crippen molar-refractivity contribution in [2.24, 2.45) is 0 Å². The molecule has 21 heavy (non-hydrogen) atoms. The molecule has 1 rings (SSSR count). The van der Waals surface area contributed by atoms with Crippen molar-refractivity contribution < 1.29 is 33.0 Å². The zero-order valence-electron chi connectivity index (χ0n) is 10.8. The molecule has 8 nitrogen and oxygen atoms in total. The van der Waals surface area contributed by atoms with Crippen LogP contribution in [0.5, 0.6) is 5.75 Å². The van der Waals surface area contributed by atoms with Gasteiger partial charge in [0.1, 0.15) is 12.3 Å². The average Bonchev–Trinajstić information content (AvgIpc) is 2.36. The van der Waals surface area contributed by atoms with E-state index >= 15 is 0 Å². The molecule has 0 spiro atoms. The standard InChI is InChI=1S/C11H12ClNO7S/c1-13(5-10(14)15)21(18,19)7-2-3-9(8(12)4-7)20-6-11(16)17/h2-4H,5-6H2,1H3,(H,14,15)(H,16,17). The molecule has 0 atom stereocenters. The Balaban J connectivity index is 3.02. The molecule has 0 aliphatic rings. The third-order valence-corrected chi connectivity index (χ3v) is 4.42. The van der Waals surface area contributed by atoms with E-state index in [9.17, 15) is 18.0 Å². The summed E-state index contributed by atoms with van der Waals surface area (Å²) >= 11 is 5.81. The minimum Gasteiger partial charge on any atom is -0.480 e. The molecule has 0 saturated carbocycles. The summed E-state index contributed by atoms with van der Waals surface area (Å²) in [7, 11) is -2.89. The minimum atomic E-state index is -4.01. The topological polar surface area (TPSA) is 121 Å². The van der Waals surface area contributed by atoms with E-state index in [1.165, 1.54) is 6.07 Å². The van der Waals surface area contributed by atoms with E-state index in [-0.39, 0.29) is 15.7 Å². The number of hydrogen-bond donors (Lipinski definition) is 2. The highest BCUT2D eigenvalue weighted by Crippen LogP contribution is 2.28. The number of carboxylic acid groups (broad SMARTS) is 2. The van der Waals surface area contributed by atoms with E-state index in [0.29, 0.717) is 4.31 Å². The molecule has 0 radical (unpaired) electrons. The molecular weight excluding hydrogens is 326 g/mol. The number of halogens is 1. The van der Waals surface area contributed by atoms with Crippen LogP contribution in [0.2, 0.25) is 5.02 Å². The van der Waals surface area contributed by atoms with Gasteiger partial charge < -0.3 is 14.9 Å². The van der Waals surface area contributed by atoms with Crippen molar-refractivity contribution in [2.45, 2.75) is 4.90 Å². The minimum absolute atomic E-state index is 0.0129. The maximum absolute atomic E-state index is 12.1. The molecule has 0 aliphatic heterocycles. The summed E-state index contributed by atoms with van der Waals surface area (Å²) in [6, 6.07) is 3.41. The lowest BCUT2D eigenvalue weighted by molar-refractivity contribution is -0.139. The summed E-state index contributed by atoms with van der Waals surface area (Å²) in [6.07, 6.45) is 0. The van der Waals surface area contributed by atoms with Crippen LogP contribution in [0.25, 0.3) is 0 Å². The number of carbonyl (C=O) groups is 2. The molecule has 0 unspecified atom stereocenters. The number of benzene rings is 1. The van der Waals surface area contributed by atoms with Gasteiger partial charge in [0.2, 0.25) is 10.0 Å². The molecule has 0 heterocycles. The van der Waals surface area contributed by atoms with Gasteiger partial charge in [0.05, 0.1) is 9.92 Å². The van der Waals surface area contributed by atoms with Crippen LogP contribution in [0, 0.1) is 0 Å². The Hall–Kier alpha value is -1.84. The third-order valence-electron chi connectivity index (χ3n) is 2.32. The van der Waals surface area contributed by atoms with E-state index in [1.807, 2.05) is 0 Å². The number of nitrogens with zero attached hydrogens (tertiary/aromatic N) is 1. The number of carboxylic acids is 2. The molecule has 0 fully saturated rings. The number of hydrogen-bond acceptors (Lipinski definition) is 5. The largest absolute Gasteiger partial charge is 0.480 e. The lowest BCUT2D eigenvalue weighted by Gasteiger charge is -2.15. The zero-order chi connectivity index (χ0) is 16.2. The maximum Gasteiger partial charge on any atom is 0.341 e. The van der Waals surface area contributed by atoms with Crippen LogP contribution in [0.1, 0.15) is 0 Å². The van der Waals surface area contributed by atoms with E-state index < -0.39 is 35.1 Å². The molecule has 0 aliphatic carbocycles. The van der Waals surface area contributed by atoms with Crippen LogP contribution in [-0.4, -0.2) is 55.1 Å². The number of rotatable bonds is 7. The van der Waals surface area contributed by atoms with Crippen molar-refractivity contribution in [2.75, 3.05) is 20.2 Å². The SMILES string of the molecule is CN(CC(=O)O)S(=O)(=O)c1ccc(OCC(=O)O)c(Cl)c1. The van der Waals surface area contributed by atoms with Gasteiger partial charge in [0, 0.05) is 7.05 Å². The van der Waals surface area contributed by atoms with E-state index in [2.05, 4.69) is 0 Å². The van der Waals surface area contributed by atoms with Crippen molar-refractivity contribution in [1.29, 1.82) is 0 Å². The Morgan fingerprint density at radius 3 is 2.38 bits per heavy atom. The van der Waals surface area contributed by atoms with Gasteiger partial charge in [-0.1, -0.05) is 11.6 Å². The highest BCUT2D eigenvalue weighted by Gasteiger charge is 2.23. The fourth-order valence-electron chi connectivity index (χ4n) is 1.35. The second kappa shape index (κ2) is 6.74. The second-order valence-electron chi connectivity index (χ2n) is 3.93. The Morgan fingerprint density at radius 1 is 1.29 bits per heavy atom. The Morgan fingerprint density at radius 2 is 1.90 bits per heavy atom. The molecule has 10 heteroatoms. The van der Waals surface area contributed by atoms with Crippen LogP contribution in [0.15, 0.2) is 23.1 Å². The van der Waals surface area contributed by atoms with Crippen molar-refractivity contribution in [3.05, 3.63) is 23.2 Å². The van der Waals surface area contributed by atoms with Crippen LogP contribution >= 0.6 is 11.6 Å². The monoisotopic (exact) mass is 337 g/mol. The molecule has 2 N–H and O–H groups in total. The van der Waals surface area contributed by atoms with Crippen molar-refractivity contribution in [3.8, 4) is 5.75 Å². The van der Waals surface area contributed by atoms with E-state index in [4.69, 9.17) is 26.6 Å². The normalized spacial score (nSPS) is 11.4. The molecule has 1 aromatic carbocycles. The molecule has 0 bridgehead atoms. The van der Waals surface area contributed by atoms with Crippen molar-refractivity contribution in [1.82, 2.24) is 4.31 Å². The van der Waals surface area contributed by atoms with Gasteiger partial charge in [-0.2, -0.15) is 4.31 Å². The van der Waals surface area contributed by atoms with Crippen molar-refractivity contribution >= 4 is 33.6 Å². The molecule has 0 saturated heterocycles. The summed E-state index contributed by atoms with van der Waals surface area (Å²) in [5.41, 5.74) is 0. The highest BCUT2D eigenvalue weighted by molar-refractivity contribution is 7.89. The summed E-state index contributed by atoms with van der Waals surface area (Å²) in [4.78, 5) is 20.7. The number of likely N-dealkylation sites (N-methyl/N-ethyl adjacent to an activating group) is 1. The number of ether oxygens (including phenoxy) is 1. The first-order valence-corrected chi connectivity index (χ1v) is 7.28. The summed E-state index contributed by atoms with van der Waals surface area (Å²) < 4.78 is 29.6. The average molecular weight is 338 g/mol. The van der Waals surface area contributed by atoms with Crippen LogP contribution in [0.4, 0.5) is 0 Å².